The second kappa shape index (κ2) is 7.89. The van der Waals surface area contributed by atoms with Crippen molar-refractivity contribution < 1.29 is 4.79 Å². The standard InChI is InChI=1S/C18H21NOS/c1-3-21-17-7-5-4-6-16(17)19-18(20)13-12-15-10-8-14(2)9-11-15/h4-11H,3,12-13H2,1-2H3,(H,19,20). The van der Waals surface area contributed by atoms with Gasteiger partial charge in [0.05, 0.1) is 5.69 Å². The van der Waals surface area contributed by atoms with Crippen LogP contribution in [-0.2, 0) is 11.2 Å². The smallest absolute Gasteiger partial charge is 0.224 e. The number of nitrogens with one attached hydrogen (secondary N) is 1. The fourth-order valence-corrected chi connectivity index (χ4v) is 2.84. The van der Waals surface area contributed by atoms with E-state index >= 15 is 0 Å². The van der Waals surface area contributed by atoms with Crippen LogP contribution in [-0.4, -0.2) is 11.7 Å². The molecule has 0 aliphatic rings. The molecule has 0 aliphatic heterocycles. The maximum atomic E-state index is 12.1. The summed E-state index contributed by atoms with van der Waals surface area (Å²) in [6.45, 7) is 4.18. The first-order valence-electron chi connectivity index (χ1n) is 7.26. The van der Waals surface area contributed by atoms with Crippen LogP contribution in [0.5, 0.6) is 0 Å². The zero-order valence-corrected chi connectivity index (χ0v) is 13.4. The average molecular weight is 299 g/mol. The molecule has 0 saturated heterocycles. The van der Waals surface area contributed by atoms with Gasteiger partial charge >= 0.3 is 0 Å². The van der Waals surface area contributed by atoms with Gasteiger partial charge in [0.15, 0.2) is 0 Å². The third-order valence-electron chi connectivity index (χ3n) is 3.22. The number of para-hydroxylation sites is 1. The maximum absolute atomic E-state index is 12.1. The summed E-state index contributed by atoms with van der Waals surface area (Å²) in [6.07, 6.45) is 1.28. The summed E-state index contributed by atoms with van der Waals surface area (Å²) in [6, 6.07) is 16.3. The largest absolute Gasteiger partial charge is 0.325 e. The summed E-state index contributed by atoms with van der Waals surface area (Å²) in [5.41, 5.74) is 3.36. The van der Waals surface area contributed by atoms with E-state index in [1.807, 2.05) is 24.3 Å². The Balaban J connectivity index is 1.91. The topological polar surface area (TPSA) is 29.1 Å². The molecule has 0 unspecified atom stereocenters. The van der Waals surface area contributed by atoms with Crippen molar-refractivity contribution >= 4 is 23.4 Å². The van der Waals surface area contributed by atoms with Gasteiger partial charge in [-0.15, -0.1) is 11.8 Å². The highest BCUT2D eigenvalue weighted by molar-refractivity contribution is 7.99. The predicted octanol–water partition coefficient (Wildman–Crippen LogP) is 4.68. The Kier molecular flexibility index (Phi) is 5.88. The van der Waals surface area contributed by atoms with Crippen molar-refractivity contribution in [2.45, 2.75) is 31.6 Å². The molecule has 110 valence electrons. The molecule has 3 heteroatoms. The van der Waals surface area contributed by atoms with Crippen LogP contribution < -0.4 is 5.32 Å². The molecule has 0 aromatic heterocycles. The van der Waals surface area contributed by atoms with Crippen molar-refractivity contribution in [2.24, 2.45) is 0 Å². The summed E-state index contributed by atoms with van der Waals surface area (Å²) in [5, 5.41) is 3.02. The number of aryl methyl sites for hydroxylation is 2. The van der Waals surface area contributed by atoms with Crippen molar-refractivity contribution in [1.29, 1.82) is 0 Å². The van der Waals surface area contributed by atoms with E-state index in [1.165, 1.54) is 11.1 Å². The molecule has 2 aromatic carbocycles. The minimum Gasteiger partial charge on any atom is -0.325 e. The van der Waals surface area contributed by atoms with Gasteiger partial charge < -0.3 is 5.32 Å². The Labute approximate surface area is 131 Å². The van der Waals surface area contributed by atoms with Gasteiger partial charge in [0.25, 0.3) is 0 Å². The first kappa shape index (κ1) is 15.6. The fraction of sp³-hybridized carbons (Fsp3) is 0.278. The normalized spacial score (nSPS) is 10.4. The van der Waals surface area contributed by atoms with Crippen molar-refractivity contribution in [3.8, 4) is 0 Å². The molecule has 1 N–H and O–H groups in total. The minimum atomic E-state index is 0.0692. The number of hydrogen-bond acceptors (Lipinski definition) is 2. The average Bonchev–Trinajstić information content (AvgIpc) is 2.49. The van der Waals surface area contributed by atoms with Gasteiger partial charge in [-0.1, -0.05) is 48.9 Å². The van der Waals surface area contributed by atoms with Gasteiger partial charge in [-0.2, -0.15) is 0 Å². The lowest BCUT2D eigenvalue weighted by Gasteiger charge is -2.10. The molecule has 0 aliphatic carbocycles. The van der Waals surface area contributed by atoms with Gasteiger partial charge in [-0.3, -0.25) is 4.79 Å². The molecular formula is C18H21NOS. The van der Waals surface area contributed by atoms with Crippen LogP contribution in [0.25, 0.3) is 0 Å². The minimum absolute atomic E-state index is 0.0692. The zero-order chi connectivity index (χ0) is 15.1. The number of carbonyl (C=O) groups is 1. The van der Waals surface area contributed by atoms with Crippen LogP contribution in [0.15, 0.2) is 53.4 Å². The van der Waals surface area contributed by atoms with E-state index in [2.05, 4.69) is 43.4 Å². The quantitative estimate of drug-likeness (QED) is 0.785. The second-order valence-corrected chi connectivity index (χ2v) is 6.27. The van der Waals surface area contributed by atoms with Gasteiger partial charge in [0.1, 0.15) is 0 Å². The van der Waals surface area contributed by atoms with E-state index in [0.29, 0.717) is 6.42 Å². The highest BCUT2D eigenvalue weighted by Crippen LogP contribution is 2.26. The van der Waals surface area contributed by atoms with Crippen LogP contribution in [0.2, 0.25) is 0 Å². The van der Waals surface area contributed by atoms with Crippen LogP contribution >= 0.6 is 11.8 Å². The number of hydrogen-bond donors (Lipinski definition) is 1. The first-order valence-corrected chi connectivity index (χ1v) is 8.25. The van der Waals surface area contributed by atoms with E-state index in [9.17, 15) is 4.79 Å². The molecule has 0 bridgehead atoms. The highest BCUT2D eigenvalue weighted by atomic mass is 32.2. The monoisotopic (exact) mass is 299 g/mol. The number of thioether (sulfide) groups is 1. The van der Waals surface area contributed by atoms with Crippen molar-refractivity contribution in [2.75, 3.05) is 11.1 Å². The van der Waals surface area contributed by atoms with E-state index in [4.69, 9.17) is 0 Å². The summed E-state index contributed by atoms with van der Waals surface area (Å²) in [5.74, 6) is 1.07. The Morgan fingerprint density at radius 2 is 1.81 bits per heavy atom. The molecule has 2 nitrogen and oxygen atoms in total. The molecule has 0 fully saturated rings. The molecule has 2 aromatic rings. The molecule has 0 saturated carbocycles. The lowest BCUT2D eigenvalue weighted by Crippen LogP contribution is -2.13. The molecule has 2 rings (SSSR count). The van der Waals surface area contributed by atoms with Crippen LogP contribution in [0.4, 0.5) is 5.69 Å². The molecule has 21 heavy (non-hydrogen) atoms. The van der Waals surface area contributed by atoms with Crippen molar-refractivity contribution in [3.63, 3.8) is 0 Å². The molecule has 0 atom stereocenters. The number of anilines is 1. The lowest BCUT2D eigenvalue weighted by molar-refractivity contribution is -0.116. The van der Waals surface area contributed by atoms with Gasteiger partial charge in [0, 0.05) is 11.3 Å². The summed E-state index contributed by atoms with van der Waals surface area (Å²) >= 11 is 1.75. The Morgan fingerprint density at radius 1 is 1.10 bits per heavy atom. The Hall–Kier alpha value is -1.74. The van der Waals surface area contributed by atoms with E-state index in [0.717, 1.165) is 22.8 Å². The zero-order valence-electron chi connectivity index (χ0n) is 12.6. The van der Waals surface area contributed by atoms with Crippen molar-refractivity contribution in [1.82, 2.24) is 0 Å². The van der Waals surface area contributed by atoms with E-state index in [-0.39, 0.29) is 5.91 Å². The number of amides is 1. The highest BCUT2D eigenvalue weighted by Gasteiger charge is 2.06. The first-order chi connectivity index (χ1) is 10.2. The summed E-state index contributed by atoms with van der Waals surface area (Å²) < 4.78 is 0. The van der Waals surface area contributed by atoms with Crippen molar-refractivity contribution in [3.05, 3.63) is 59.7 Å². The SMILES string of the molecule is CCSc1ccccc1NC(=O)CCc1ccc(C)cc1. The van der Waals surface area contributed by atoms with Crippen LogP contribution in [0.3, 0.4) is 0 Å². The Morgan fingerprint density at radius 3 is 2.52 bits per heavy atom. The molecule has 0 heterocycles. The molecule has 1 amide bonds. The lowest BCUT2D eigenvalue weighted by atomic mass is 10.1. The summed E-state index contributed by atoms with van der Waals surface area (Å²) in [4.78, 5) is 13.2. The third-order valence-corrected chi connectivity index (χ3v) is 4.18. The third kappa shape index (κ3) is 4.94. The van der Waals surface area contributed by atoms with Crippen LogP contribution in [0, 0.1) is 6.92 Å². The molecular weight excluding hydrogens is 278 g/mol. The number of carbonyl (C=O) groups excluding carboxylic acids is 1. The second-order valence-electron chi connectivity index (χ2n) is 4.96. The van der Waals surface area contributed by atoms with Gasteiger partial charge in [-0.25, -0.2) is 0 Å². The Bertz CT molecular complexity index is 592. The molecule has 0 spiro atoms. The summed E-state index contributed by atoms with van der Waals surface area (Å²) in [7, 11) is 0. The fourth-order valence-electron chi connectivity index (χ4n) is 2.08. The van der Waals surface area contributed by atoms with Crippen LogP contribution in [0.1, 0.15) is 24.5 Å². The van der Waals surface area contributed by atoms with E-state index < -0.39 is 0 Å². The van der Waals surface area contributed by atoms with Gasteiger partial charge in [-0.05, 0) is 36.8 Å². The van der Waals surface area contributed by atoms with Gasteiger partial charge in [0.2, 0.25) is 5.91 Å². The van der Waals surface area contributed by atoms with E-state index in [1.54, 1.807) is 11.8 Å². The number of benzene rings is 2. The number of rotatable bonds is 6. The maximum Gasteiger partial charge on any atom is 0.224 e. The predicted molar refractivity (Wildman–Crippen MR) is 91.0 cm³/mol. The molecule has 0 radical (unpaired) electrons.